The zero-order valence-corrected chi connectivity index (χ0v) is 9.77. The molecule has 0 bridgehead atoms. The van der Waals surface area contributed by atoms with Crippen LogP contribution < -0.4 is 5.32 Å². The highest BCUT2D eigenvalue weighted by Crippen LogP contribution is 2.18. The second-order valence-corrected chi connectivity index (χ2v) is 3.91. The van der Waals surface area contributed by atoms with Crippen LogP contribution in [0.2, 0.25) is 0 Å². The molecule has 0 radical (unpaired) electrons. The van der Waals surface area contributed by atoms with Crippen LogP contribution in [0.15, 0.2) is 24.3 Å². The Kier molecular flexibility index (Phi) is 3.93. The summed E-state index contributed by atoms with van der Waals surface area (Å²) in [4.78, 5) is 0. The van der Waals surface area contributed by atoms with Crippen molar-refractivity contribution in [3.63, 3.8) is 0 Å². The second kappa shape index (κ2) is 5.63. The van der Waals surface area contributed by atoms with Gasteiger partial charge in [-0.15, -0.1) is 10.2 Å². The van der Waals surface area contributed by atoms with Crippen molar-refractivity contribution < 1.29 is 8.78 Å². The minimum atomic E-state index is -2.43. The lowest BCUT2D eigenvalue weighted by molar-refractivity contribution is 0.151. The van der Waals surface area contributed by atoms with E-state index in [4.69, 9.17) is 0 Å². The van der Waals surface area contributed by atoms with Crippen molar-refractivity contribution in [2.24, 2.45) is 0 Å². The molecule has 0 aliphatic carbocycles. The Morgan fingerprint density at radius 3 is 2.56 bits per heavy atom. The van der Waals surface area contributed by atoms with E-state index in [1.165, 1.54) is 12.1 Å². The molecule has 7 heteroatoms. The number of hydrogen-bond donors (Lipinski definition) is 2. The summed E-state index contributed by atoms with van der Waals surface area (Å²) in [6.07, 6.45) is -2.43. The zero-order chi connectivity index (χ0) is 13.0. The predicted molar refractivity (Wildman–Crippen MR) is 60.8 cm³/mol. The molecule has 1 heterocycles. The normalized spacial score (nSPS) is 12.9. The molecule has 2 aromatic rings. The molecule has 2 rings (SSSR count). The van der Waals surface area contributed by atoms with Gasteiger partial charge in [-0.25, -0.2) is 8.78 Å². The monoisotopic (exact) mass is 253 g/mol. The maximum atomic E-state index is 12.4. The summed E-state index contributed by atoms with van der Waals surface area (Å²) >= 11 is 0. The van der Waals surface area contributed by atoms with Gasteiger partial charge >= 0.3 is 0 Å². The number of nitrogens with one attached hydrogen (secondary N) is 2. The summed E-state index contributed by atoms with van der Waals surface area (Å²) in [5.74, 6) is 0.569. The Hall–Kier alpha value is -1.89. The third kappa shape index (κ3) is 3.07. The number of tetrazole rings is 1. The van der Waals surface area contributed by atoms with Crippen LogP contribution in [-0.4, -0.2) is 20.6 Å². The Morgan fingerprint density at radius 2 is 2.00 bits per heavy atom. The van der Waals surface area contributed by atoms with E-state index in [0.717, 1.165) is 5.56 Å². The van der Waals surface area contributed by atoms with Crippen LogP contribution in [0.1, 0.15) is 36.3 Å². The summed E-state index contributed by atoms with van der Waals surface area (Å²) in [6.45, 7) is 2.46. The number of hydrogen-bond acceptors (Lipinski definition) is 4. The predicted octanol–water partition coefficient (Wildman–Crippen LogP) is 1.99. The van der Waals surface area contributed by atoms with Crippen LogP contribution in [0.5, 0.6) is 0 Å². The Labute approximate surface area is 103 Å². The van der Waals surface area contributed by atoms with Crippen molar-refractivity contribution in [3.8, 4) is 0 Å². The molecule has 1 unspecified atom stereocenters. The van der Waals surface area contributed by atoms with E-state index in [1.54, 1.807) is 12.1 Å². The molecular weight excluding hydrogens is 240 g/mol. The zero-order valence-electron chi connectivity index (χ0n) is 9.77. The third-order valence-corrected chi connectivity index (χ3v) is 2.59. The summed E-state index contributed by atoms with van der Waals surface area (Å²) in [7, 11) is 0. The topological polar surface area (TPSA) is 66.5 Å². The maximum Gasteiger partial charge on any atom is 0.263 e. The van der Waals surface area contributed by atoms with E-state index in [2.05, 4.69) is 25.9 Å². The molecule has 18 heavy (non-hydrogen) atoms. The van der Waals surface area contributed by atoms with Crippen molar-refractivity contribution in [1.29, 1.82) is 0 Å². The Morgan fingerprint density at radius 1 is 1.28 bits per heavy atom. The molecule has 5 nitrogen and oxygen atoms in total. The van der Waals surface area contributed by atoms with Gasteiger partial charge in [0.15, 0.2) is 5.82 Å². The van der Waals surface area contributed by atoms with Crippen LogP contribution in [0.25, 0.3) is 0 Å². The number of halogens is 2. The summed E-state index contributed by atoms with van der Waals surface area (Å²) in [5, 5.41) is 16.7. The molecule has 96 valence electrons. The van der Waals surface area contributed by atoms with E-state index in [9.17, 15) is 8.78 Å². The van der Waals surface area contributed by atoms with Crippen LogP contribution in [-0.2, 0) is 6.54 Å². The van der Waals surface area contributed by atoms with Crippen molar-refractivity contribution in [3.05, 3.63) is 41.2 Å². The highest BCUT2D eigenvalue weighted by Gasteiger charge is 2.10. The fourth-order valence-electron chi connectivity index (χ4n) is 1.50. The summed E-state index contributed by atoms with van der Waals surface area (Å²) in [5.41, 5.74) is 0.958. The van der Waals surface area contributed by atoms with Gasteiger partial charge < -0.3 is 5.32 Å². The van der Waals surface area contributed by atoms with E-state index < -0.39 is 6.43 Å². The van der Waals surface area contributed by atoms with E-state index in [0.29, 0.717) is 12.4 Å². The average molecular weight is 253 g/mol. The number of nitrogens with zero attached hydrogens (tertiary/aromatic N) is 3. The molecular formula is C11H13F2N5. The number of benzene rings is 1. The fraction of sp³-hybridized carbons (Fsp3) is 0.364. The fourth-order valence-corrected chi connectivity index (χ4v) is 1.50. The molecule has 1 aromatic heterocycles. The maximum absolute atomic E-state index is 12.4. The lowest BCUT2D eigenvalue weighted by Gasteiger charge is -2.10. The first-order chi connectivity index (χ1) is 8.66. The van der Waals surface area contributed by atoms with Crippen molar-refractivity contribution in [1.82, 2.24) is 25.9 Å². The second-order valence-electron chi connectivity index (χ2n) is 3.91. The molecule has 1 atom stereocenters. The molecule has 2 N–H and O–H groups in total. The minimum Gasteiger partial charge on any atom is -0.303 e. The molecule has 0 aliphatic rings. The highest BCUT2D eigenvalue weighted by molar-refractivity contribution is 5.23. The summed E-state index contributed by atoms with van der Waals surface area (Å²) in [6, 6.07) is 6.16. The molecule has 0 spiro atoms. The quantitative estimate of drug-likeness (QED) is 0.855. The molecule has 0 saturated carbocycles. The van der Waals surface area contributed by atoms with Crippen LogP contribution >= 0.6 is 0 Å². The number of aromatic nitrogens is 4. The first-order valence-electron chi connectivity index (χ1n) is 5.50. The minimum absolute atomic E-state index is 0.0324. The van der Waals surface area contributed by atoms with E-state index in [1.807, 2.05) is 6.92 Å². The smallest absolute Gasteiger partial charge is 0.263 e. The highest BCUT2D eigenvalue weighted by atomic mass is 19.3. The largest absolute Gasteiger partial charge is 0.303 e. The average Bonchev–Trinajstić information content (AvgIpc) is 2.90. The van der Waals surface area contributed by atoms with Gasteiger partial charge in [0.05, 0.1) is 6.04 Å². The Bertz CT molecular complexity index is 469. The van der Waals surface area contributed by atoms with Crippen molar-refractivity contribution in [2.75, 3.05) is 0 Å². The van der Waals surface area contributed by atoms with Gasteiger partial charge in [0.2, 0.25) is 0 Å². The standard InChI is InChI=1S/C11H13F2N5/c1-7(11-15-17-18-16-11)14-6-8-2-4-9(5-3-8)10(12)13/h2-5,7,10,14H,6H2,1H3,(H,15,16,17,18). The van der Waals surface area contributed by atoms with E-state index >= 15 is 0 Å². The Balaban J connectivity index is 1.90. The third-order valence-electron chi connectivity index (χ3n) is 2.59. The van der Waals surface area contributed by atoms with Gasteiger partial charge in [-0.2, -0.15) is 5.21 Å². The molecule has 0 fully saturated rings. The lowest BCUT2D eigenvalue weighted by atomic mass is 10.1. The molecule has 0 aliphatic heterocycles. The van der Waals surface area contributed by atoms with Gasteiger partial charge in [-0.3, -0.25) is 0 Å². The van der Waals surface area contributed by atoms with Crippen LogP contribution in [0, 0.1) is 0 Å². The van der Waals surface area contributed by atoms with Gasteiger partial charge in [-0.1, -0.05) is 29.5 Å². The first kappa shape index (κ1) is 12.6. The van der Waals surface area contributed by atoms with E-state index in [-0.39, 0.29) is 11.6 Å². The van der Waals surface area contributed by atoms with Crippen LogP contribution in [0.4, 0.5) is 8.78 Å². The molecule has 0 saturated heterocycles. The van der Waals surface area contributed by atoms with Gasteiger partial charge in [0, 0.05) is 12.1 Å². The van der Waals surface area contributed by atoms with Crippen molar-refractivity contribution >= 4 is 0 Å². The number of H-pyrrole nitrogens is 1. The van der Waals surface area contributed by atoms with Crippen molar-refractivity contribution in [2.45, 2.75) is 25.9 Å². The van der Waals surface area contributed by atoms with Gasteiger partial charge in [-0.05, 0) is 12.5 Å². The molecule has 1 aromatic carbocycles. The van der Waals surface area contributed by atoms with Crippen LogP contribution in [0.3, 0.4) is 0 Å². The lowest BCUT2D eigenvalue weighted by Crippen LogP contribution is -2.19. The first-order valence-corrected chi connectivity index (χ1v) is 5.50. The number of rotatable bonds is 5. The summed E-state index contributed by atoms with van der Waals surface area (Å²) < 4.78 is 24.7. The SMILES string of the molecule is CC(NCc1ccc(C(F)F)cc1)c1nn[nH]n1. The number of aromatic amines is 1. The molecule has 0 amide bonds. The van der Waals surface area contributed by atoms with Gasteiger partial charge in [0.1, 0.15) is 0 Å². The number of alkyl halides is 2. The van der Waals surface area contributed by atoms with Gasteiger partial charge in [0.25, 0.3) is 6.43 Å².